The molecule has 0 fully saturated rings. The van der Waals surface area contributed by atoms with Gasteiger partial charge in [0, 0.05) is 15.7 Å². The normalized spacial score (nSPS) is 10.2. The molecule has 110 valence electrons. The van der Waals surface area contributed by atoms with E-state index in [9.17, 15) is 9.18 Å². The molecule has 21 heavy (non-hydrogen) atoms. The zero-order chi connectivity index (χ0) is 15.4. The Kier molecular flexibility index (Phi) is 4.80. The fourth-order valence-electron chi connectivity index (χ4n) is 1.81. The first-order valence-corrected chi connectivity index (χ1v) is 6.85. The highest BCUT2D eigenvalue weighted by Crippen LogP contribution is 2.25. The minimum absolute atomic E-state index is 0.135. The van der Waals surface area contributed by atoms with Gasteiger partial charge in [-0.1, -0.05) is 22.0 Å². The minimum Gasteiger partial charge on any atom is -0.496 e. The van der Waals surface area contributed by atoms with E-state index in [1.54, 1.807) is 30.3 Å². The molecule has 0 saturated heterocycles. The van der Waals surface area contributed by atoms with Crippen LogP contribution in [0.2, 0.25) is 0 Å². The van der Waals surface area contributed by atoms with Gasteiger partial charge in [-0.2, -0.15) is 0 Å². The Bertz CT molecular complexity index is 676. The van der Waals surface area contributed by atoms with Gasteiger partial charge in [-0.15, -0.1) is 0 Å². The van der Waals surface area contributed by atoms with Crippen LogP contribution in [0.4, 0.5) is 10.1 Å². The molecular formula is C15H13BrFNO3. The van der Waals surface area contributed by atoms with Gasteiger partial charge in [-0.05, 0) is 30.3 Å². The molecule has 2 N–H and O–H groups in total. The highest BCUT2D eigenvalue weighted by atomic mass is 79.9. The van der Waals surface area contributed by atoms with Crippen molar-refractivity contribution in [2.45, 2.75) is 6.61 Å². The Balaban J connectivity index is 2.17. The quantitative estimate of drug-likeness (QED) is 0.674. The number of halogens is 2. The Labute approximate surface area is 129 Å². The second kappa shape index (κ2) is 6.58. The second-order valence-corrected chi connectivity index (χ2v) is 5.15. The fraction of sp³-hybridized carbons (Fsp3) is 0.133. The van der Waals surface area contributed by atoms with Crippen LogP contribution in [-0.4, -0.2) is 13.1 Å². The third kappa shape index (κ3) is 3.52. The lowest BCUT2D eigenvalue weighted by Crippen LogP contribution is -2.10. The standard InChI is InChI=1S/C15H13BrFNO3/c1-20-13-4-2-3-12(18)14(13)15(19)21-8-9-7-10(16)5-6-11(9)17/h2-7H,8,18H2,1H3. The van der Waals surface area contributed by atoms with Gasteiger partial charge in [0.15, 0.2) is 0 Å². The number of hydrogen-bond donors (Lipinski definition) is 1. The van der Waals surface area contributed by atoms with E-state index in [-0.39, 0.29) is 23.4 Å². The molecule has 0 aromatic heterocycles. The number of carbonyl (C=O) groups excluding carboxylic acids is 1. The Morgan fingerprint density at radius 2 is 2.10 bits per heavy atom. The molecule has 6 heteroatoms. The smallest absolute Gasteiger partial charge is 0.344 e. The fourth-order valence-corrected chi connectivity index (χ4v) is 2.21. The number of benzene rings is 2. The second-order valence-electron chi connectivity index (χ2n) is 4.24. The first-order chi connectivity index (χ1) is 10.0. The molecule has 2 aromatic rings. The molecule has 0 amide bonds. The van der Waals surface area contributed by atoms with E-state index in [2.05, 4.69) is 15.9 Å². The lowest BCUT2D eigenvalue weighted by Gasteiger charge is -2.11. The highest BCUT2D eigenvalue weighted by molar-refractivity contribution is 9.10. The SMILES string of the molecule is COc1cccc(N)c1C(=O)OCc1cc(Br)ccc1F. The maximum Gasteiger partial charge on any atom is 0.344 e. The monoisotopic (exact) mass is 353 g/mol. The summed E-state index contributed by atoms with van der Waals surface area (Å²) in [6.07, 6.45) is 0. The van der Waals surface area contributed by atoms with E-state index in [1.807, 2.05) is 0 Å². The van der Waals surface area contributed by atoms with Gasteiger partial charge in [0.1, 0.15) is 23.7 Å². The molecule has 0 unspecified atom stereocenters. The van der Waals surface area contributed by atoms with Crippen molar-refractivity contribution < 1.29 is 18.7 Å². The number of anilines is 1. The predicted molar refractivity (Wildman–Crippen MR) is 80.6 cm³/mol. The number of carbonyl (C=O) groups is 1. The maximum atomic E-state index is 13.6. The average molecular weight is 354 g/mol. The van der Waals surface area contributed by atoms with Crippen molar-refractivity contribution in [3.05, 3.63) is 57.8 Å². The predicted octanol–water partition coefficient (Wildman–Crippen LogP) is 3.54. The van der Waals surface area contributed by atoms with Crippen molar-refractivity contribution in [3.63, 3.8) is 0 Å². The van der Waals surface area contributed by atoms with Gasteiger partial charge in [-0.3, -0.25) is 0 Å². The Hall–Kier alpha value is -2.08. The van der Waals surface area contributed by atoms with Crippen LogP contribution in [0.1, 0.15) is 15.9 Å². The Morgan fingerprint density at radius 3 is 2.81 bits per heavy atom. The van der Waals surface area contributed by atoms with Crippen LogP contribution in [0.15, 0.2) is 40.9 Å². The summed E-state index contributed by atoms with van der Waals surface area (Å²) in [6.45, 7) is -0.193. The summed E-state index contributed by atoms with van der Waals surface area (Å²) in [5.74, 6) is -0.793. The summed E-state index contributed by atoms with van der Waals surface area (Å²) >= 11 is 3.24. The molecule has 0 aliphatic carbocycles. The van der Waals surface area contributed by atoms with Crippen molar-refractivity contribution in [1.29, 1.82) is 0 Å². The molecule has 0 heterocycles. The van der Waals surface area contributed by atoms with Crippen LogP contribution in [0.5, 0.6) is 5.75 Å². The van der Waals surface area contributed by atoms with Gasteiger partial charge in [0.2, 0.25) is 0 Å². The highest BCUT2D eigenvalue weighted by Gasteiger charge is 2.18. The zero-order valence-electron chi connectivity index (χ0n) is 11.2. The number of hydrogen-bond acceptors (Lipinski definition) is 4. The van der Waals surface area contributed by atoms with Crippen molar-refractivity contribution in [1.82, 2.24) is 0 Å². The molecule has 0 aliphatic rings. The summed E-state index contributed by atoms with van der Waals surface area (Å²) in [4.78, 5) is 12.1. The largest absolute Gasteiger partial charge is 0.496 e. The van der Waals surface area contributed by atoms with E-state index < -0.39 is 11.8 Å². The number of ether oxygens (including phenoxy) is 2. The van der Waals surface area contributed by atoms with E-state index in [4.69, 9.17) is 15.2 Å². The molecule has 0 radical (unpaired) electrons. The number of rotatable bonds is 4. The first-order valence-electron chi connectivity index (χ1n) is 6.06. The third-order valence-electron chi connectivity index (χ3n) is 2.85. The number of nitrogen functional groups attached to an aromatic ring is 1. The van der Waals surface area contributed by atoms with Crippen LogP contribution in [0.25, 0.3) is 0 Å². The number of nitrogens with two attached hydrogens (primary N) is 1. The van der Waals surface area contributed by atoms with Crippen molar-refractivity contribution >= 4 is 27.6 Å². The summed E-state index contributed by atoms with van der Waals surface area (Å²) in [7, 11) is 1.43. The van der Waals surface area contributed by atoms with Crippen molar-refractivity contribution in [2.75, 3.05) is 12.8 Å². The number of methoxy groups -OCH3 is 1. The van der Waals surface area contributed by atoms with Gasteiger partial charge < -0.3 is 15.2 Å². The van der Waals surface area contributed by atoms with Crippen molar-refractivity contribution in [2.24, 2.45) is 0 Å². The molecule has 0 saturated carbocycles. The molecular weight excluding hydrogens is 341 g/mol. The van der Waals surface area contributed by atoms with Crippen molar-refractivity contribution in [3.8, 4) is 5.75 Å². The van der Waals surface area contributed by atoms with Gasteiger partial charge in [0.25, 0.3) is 0 Å². The van der Waals surface area contributed by atoms with Gasteiger partial charge >= 0.3 is 5.97 Å². The van der Waals surface area contributed by atoms with E-state index in [0.717, 1.165) is 0 Å². The number of esters is 1. The topological polar surface area (TPSA) is 61.5 Å². The summed E-state index contributed by atoms with van der Waals surface area (Å²) < 4.78 is 24.5. The summed E-state index contributed by atoms with van der Waals surface area (Å²) in [6, 6.07) is 9.25. The summed E-state index contributed by atoms with van der Waals surface area (Å²) in [5.41, 5.74) is 6.41. The minimum atomic E-state index is -0.663. The lowest BCUT2D eigenvalue weighted by atomic mass is 10.1. The molecule has 0 spiro atoms. The molecule has 0 aliphatic heterocycles. The van der Waals surface area contributed by atoms with E-state index >= 15 is 0 Å². The van der Waals surface area contributed by atoms with Gasteiger partial charge in [0.05, 0.1) is 7.11 Å². The molecule has 0 atom stereocenters. The van der Waals surface area contributed by atoms with Crippen LogP contribution < -0.4 is 10.5 Å². The average Bonchev–Trinajstić information content (AvgIpc) is 2.47. The zero-order valence-corrected chi connectivity index (χ0v) is 12.8. The third-order valence-corrected chi connectivity index (χ3v) is 3.34. The van der Waals surface area contributed by atoms with Crippen LogP contribution in [-0.2, 0) is 11.3 Å². The first kappa shape index (κ1) is 15.3. The Morgan fingerprint density at radius 1 is 1.33 bits per heavy atom. The maximum absolute atomic E-state index is 13.6. The van der Waals surface area contributed by atoms with Crippen LogP contribution in [0.3, 0.4) is 0 Å². The van der Waals surface area contributed by atoms with Gasteiger partial charge in [-0.25, -0.2) is 9.18 Å². The van der Waals surface area contributed by atoms with Crippen LogP contribution >= 0.6 is 15.9 Å². The molecule has 2 rings (SSSR count). The lowest BCUT2D eigenvalue weighted by molar-refractivity contribution is 0.0466. The molecule has 0 bridgehead atoms. The summed E-state index contributed by atoms with van der Waals surface area (Å²) in [5, 5.41) is 0. The van der Waals surface area contributed by atoms with E-state index in [1.165, 1.54) is 13.2 Å². The molecule has 4 nitrogen and oxygen atoms in total. The van der Waals surface area contributed by atoms with Crippen LogP contribution in [0, 0.1) is 5.82 Å². The molecule has 2 aromatic carbocycles. The van der Waals surface area contributed by atoms with E-state index in [0.29, 0.717) is 10.2 Å².